The summed E-state index contributed by atoms with van der Waals surface area (Å²) in [5.74, 6) is 1.08. The number of hydrogen-bond donors (Lipinski definition) is 2. The number of piperidine rings is 1. The van der Waals surface area contributed by atoms with Gasteiger partial charge >= 0.3 is 0 Å². The van der Waals surface area contributed by atoms with Gasteiger partial charge in [-0.25, -0.2) is 0 Å². The highest BCUT2D eigenvalue weighted by Gasteiger charge is 2.39. The quantitative estimate of drug-likeness (QED) is 0.833. The number of thioether (sulfide) groups is 1. The zero-order valence-corrected chi connectivity index (χ0v) is 14.8. The predicted molar refractivity (Wildman–Crippen MR) is 96.2 cm³/mol. The van der Waals surface area contributed by atoms with Crippen molar-refractivity contribution in [3.8, 4) is 0 Å². The van der Waals surface area contributed by atoms with Crippen LogP contribution in [0.2, 0.25) is 0 Å². The van der Waals surface area contributed by atoms with Gasteiger partial charge in [0, 0.05) is 12.8 Å². The molecule has 0 saturated carbocycles. The fourth-order valence-corrected chi connectivity index (χ4v) is 3.01. The van der Waals surface area contributed by atoms with E-state index in [-0.39, 0.29) is 18.3 Å². The lowest BCUT2D eigenvalue weighted by atomic mass is 9.91. The first-order valence-electron chi connectivity index (χ1n) is 7.35. The Bertz CT molecular complexity index is 462. The number of halogens is 1. The second kappa shape index (κ2) is 9.40. The average molecular weight is 345 g/mol. The van der Waals surface area contributed by atoms with Crippen molar-refractivity contribution in [1.29, 1.82) is 0 Å². The minimum Gasteiger partial charge on any atom is -0.368 e. The molecule has 0 radical (unpaired) electrons. The van der Waals surface area contributed by atoms with Crippen LogP contribution < -0.4 is 10.6 Å². The highest BCUT2D eigenvalue weighted by atomic mass is 35.5. The Morgan fingerprint density at radius 1 is 1.32 bits per heavy atom. The van der Waals surface area contributed by atoms with Crippen molar-refractivity contribution in [1.82, 2.24) is 5.32 Å². The molecule has 0 spiro atoms. The van der Waals surface area contributed by atoms with Crippen molar-refractivity contribution in [3.05, 3.63) is 29.8 Å². The second-order valence-electron chi connectivity index (χ2n) is 5.34. The topological polar surface area (TPSA) is 50.4 Å². The fourth-order valence-electron chi connectivity index (χ4n) is 2.57. The van der Waals surface area contributed by atoms with Crippen molar-refractivity contribution >= 4 is 35.8 Å². The van der Waals surface area contributed by atoms with Crippen molar-refractivity contribution < 1.29 is 9.53 Å². The predicted octanol–water partition coefficient (Wildman–Crippen LogP) is 2.72. The van der Waals surface area contributed by atoms with E-state index in [4.69, 9.17) is 4.74 Å². The maximum atomic E-state index is 12.5. The number of carbonyl (C=O) groups excluding carboxylic acids is 1. The molecule has 1 fully saturated rings. The molecule has 1 heterocycles. The molecule has 2 N–H and O–H groups in total. The SMILES string of the molecule is COC1(C(=O)Nc2ccc(CCSC)cc2)CCNCC1.Cl. The number of methoxy groups -OCH3 is 1. The summed E-state index contributed by atoms with van der Waals surface area (Å²) in [4.78, 5) is 12.5. The molecule has 0 bridgehead atoms. The summed E-state index contributed by atoms with van der Waals surface area (Å²) >= 11 is 1.84. The molecule has 4 nitrogen and oxygen atoms in total. The second-order valence-corrected chi connectivity index (χ2v) is 6.33. The average Bonchev–Trinajstić information content (AvgIpc) is 2.54. The fraction of sp³-hybridized carbons (Fsp3) is 0.562. The number of carbonyl (C=O) groups is 1. The number of hydrogen-bond acceptors (Lipinski definition) is 4. The van der Waals surface area contributed by atoms with Crippen LogP contribution in [-0.2, 0) is 16.0 Å². The number of rotatable bonds is 6. The normalized spacial score (nSPS) is 16.6. The Morgan fingerprint density at radius 2 is 1.95 bits per heavy atom. The molecule has 6 heteroatoms. The van der Waals surface area contributed by atoms with E-state index in [9.17, 15) is 4.79 Å². The molecule has 0 aliphatic carbocycles. The summed E-state index contributed by atoms with van der Waals surface area (Å²) in [6.07, 6.45) is 4.59. The van der Waals surface area contributed by atoms with Crippen molar-refractivity contribution in [2.24, 2.45) is 0 Å². The van der Waals surface area contributed by atoms with Crippen molar-refractivity contribution in [3.63, 3.8) is 0 Å². The number of benzene rings is 1. The monoisotopic (exact) mass is 344 g/mol. The Morgan fingerprint density at radius 3 is 2.50 bits per heavy atom. The van der Waals surface area contributed by atoms with Gasteiger partial charge in [0.25, 0.3) is 5.91 Å². The largest absolute Gasteiger partial charge is 0.368 e. The summed E-state index contributed by atoms with van der Waals surface area (Å²) in [7, 11) is 1.62. The summed E-state index contributed by atoms with van der Waals surface area (Å²) in [5.41, 5.74) is 1.44. The zero-order valence-electron chi connectivity index (χ0n) is 13.2. The summed E-state index contributed by atoms with van der Waals surface area (Å²) in [6.45, 7) is 1.63. The molecule has 0 aromatic heterocycles. The smallest absolute Gasteiger partial charge is 0.256 e. The summed E-state index contributed by atoms with van der Waals surface area (Å²) in [5, 5.41) is 6.25. The van der Waals surface area contributed by atoms with E-state index in [1.54, 1.807) is 7.11 Å². The number of amides is 1. The number of ether oxygens (including phenoxy) is 1. The van der Waals surface area contributed by atoms with Gasteiger partial charge in [0.15, 0.2) is 0 Å². The van der Waals surface area contributed by atoms with Crippen LogP contribution in [0.3, 0.4) is 0 Å². The number of anilines is 1. The van der Waals surface area contributed by atoms with Crippen LogP contribution in [0.25, 0.3) is 0 Å². The Labute approximate surface area is 143 Å². The lowest BCUT2D eigenvalue weighted by Gasteiger charge is -2.34. The molecule has 22 heavy (non-hydrogen) atoms. The van der Waals surface area contributed by atoms with Gasteiger partial charge in [0.1, 0.15) is 5.60 Å². The molecule has 1 amide bonds. The summed E-state index contributed by atoms with van der Waals surface area (Å²) in [6, 6.07) is 8.09. The lowest BCUT2D eigenvalue weighted by molar-refractivity contribution is -0.140. The number of aryl methyl sites for hydroxylation is 1. The van der Waals surface area contributed by atoms with Crippen LogP contribution >= 0.6 is 24.2 Å². The molecule has 2 rings (SSSR count). The molecular formula is C16H25ClN2O2S. The first kappa shape index (κ1) is 19.3. The van der Waals surface area contributed by atoms with E-state index in [1.165, 1.54) is 5.56 Å². The Kier molecular flexibility index (Phi) is 8.25. The van der Waals surface area contributed by atoms with E-state index >= 15 is 0 Å². The van der Waals surface area contributed by atoms with Gasteiger partial charge in [-0.05, 0) is 62.1 Å². The van der Waals surface area contributed by atoms with E-state index in [2.05, 4.69) is 29.0 Å². The molecule has 1 saturated heterocycles. The van der Waals surface area contributed by atoms with Crippen LogP contribution in [0.5, 0.6) is 0 Å². The standard InChI is InChI=1S/C16H24N2O2S.ClH/c1-20-16(8-10-17-11-9-16)15(19)18-14-5-3-13(4-6-14)7-12-21-2;/h3-6,17H,7-12H2,1-2H3,(H,18,19);1H. The van der Waals surface area contributed by atoms with E-state index in [0.717, 1.165) is 31.0 Å². The van der Waals surface area contributed by atoms with Crippen LogP contribution in [0.1, 0.15) is 18.4 Å². The van der Waals surface area contributed by atoms with Gasteiger partial charge in [0.2, 0.25) is 0 Å². The van der Waals surface area contributed by atoms with Crippen LogP contribution in [0, 0.1) is 0 Å². The minimum atomic E-state index is -0.692. The molecular weight excluding hydrogens is 320 g/mol. The Balaban J connectivity index is 0.00000242. The molecule has 1 aliphatic heterocycles. The number of nitrogens with one attached hydrogen (secondary N) is 2. The molecule has 0 unspecified atom stereocenters. The van der Waals surface area contributed by atoms with Gasteiger partial charge in [-0.2, -0.15) is 11.8 Å². The molecule has 124 valence electrons. The van der Waals surface area contributed by atoms with Gasteiger partial charge in [-0.3, -0.25) is 4.79 Å². The van der Waals surface area contributed by atoms with Crippen molar-refractivity contribution in [2.45, 2.75) is 24.9 Å². The van der Waals surface area contributed by atoms with Crippen molar-refractivity contribution in [2.75, 3.05) is 37.5 Å². The van der Waals surface area contributed by atoms with Crippen LogP contribution in [-0.4, -0.2) is 43.7 Å². The first-order chi connectivity index (χ1) is 10.2. The van der Waals surface area contributed by atoms with Gasteiger partial charge in [0.05, 0.1) is 0 Å². The maximum absolute atomic E-state index is 12.5. The van der Waals surface area contributed by atoms with E-state index < -0.39 is 5.60 Å². The summed E-state index contributed by atoms with van der Waals surface area (Å²) < 4.78 is 5.53. The van der Waals surface area contributed by atoms with Crippen LogP contribution in [0.4, 0.5) is 5.69 Å². The van der Waals surface area contributed by atoms with E-state index in [0.29, 0.717) is 12.8 Å². The van der Waals surface area contributed by atoms with Gasteiger partial charge < -0.3 is 15.4 Å². The van der Waals surface area contributed by atoms with E-state index in [1.807, 2.05) is 23.9 Å². The van der Waals surface area contributed by atoms with Gasteiger partial charge in [-0.15, -0.1) is 12.4 Å². The van der Waals surface area contributed by atoms with Crippen LogP contribution in [0.15, 0.2) is 24.3 Å². The maximum Gasteiger partial charge on any atom is 0.256 e. The molecule has 0 atom stereocenters. The third-order valence-corrected chi connectivity index (χ3v) is 4.63. The third-order valence-electron chi connectivity index (χ3n) is 4.02. The highest BCUT2D eigenvalue weighted by molar-refractivity contribution is 7.98. The first-order valence-corrected chi connectivity index (χ1v) is 8.75. The molecule has 1 aromatic rings. The van der Waals surface area contributed by atoms with Gasteiger partial charge in [-0.1, -0.05) is 12.1 Å². The molecule has 1 aromatic carbocycles. The zero-order chi connectivity index (χ0) is 15.1. The minimum absolute atomic E-state index is 0. The Hall–Kier alpha value is -0.750. The highest BCUT2D eigenvalue weighted by Crippen LogP contribution is 2.24. The third kappa shape index (κ3) is 4.88. The lowest BCUT2D eigenvalue weighted by Crippen LogP contribution is -2.51. The molecule has 1 aliphatic rings.